The molecular weight excluding hydrogens is 444 g/mol. The molecule has 2 aromatic carbocycles. The highest BCUT2D eigenvalue weighted by Crippen LogP contribution is 2.34. The molecular formula is C19H13BrN4O5. The number of ether oxygens (including phenoxy) is 2. The van der Waals surface area contributed by atoms with Crippen LogP contribution in [-0.2, 0) is 4.79 Å². The fourth-order valence-corrected chi connectivity index (χ4v) is 2.68. The predicted molar refractivity (Wildman–Crippen MR) is 107 cm³/mol. The van der Waals surface area contributed by atoms with E-state index in [0.29, 0.717) is 21.5 Å². The second-order valence-electron chi connectivity index (χ2n) is 5.40. The molecule has 0 aliphatic carbocycles. The van der Waals surface area contributed by atoms with Crippen molar-refractivity contribution in [3.05, 3.63) is 62.1 Å². The Morgan fingerprint density at radius 3 is 2.69 bits per heavy atom. The topological polar surface area (TPSA) is 138 Å². The maximum absolute atomic E-state index is 12.4. The quantitative estimate of drug-likeness (QED) is 0.289. The minimum absolute atomic E-state index is 0.174. The number of carbonyl (C=O) groups excluding carboxylic acids is 1. The number of amides is 1. The standard InChI is InChI=1S/C19H13BrN4O5/c1-28-17-8-12(16(20)10-18(17)29-6-5-21)7-13(11-22)19(25)23-14-3-2-4-15(9-14)24(26)27/h2-4,7-10H,6H2,1H3,(H,23,25)/b13-7+. The second-order valence-corrected chi connectivity index (χ2v) is 6.26. The molecule has 0 aliphatic heterocycles. The SMILES string of the molecule is COc1cc(/C=C(\C#N)C(=O)Nc2cccc([N+](=O)[O-])c2)c(Br)cc1OCC#N. The molecule has 0 bridgehead atoms. The average Bonchev–Trinajstić information content (AvgIpc) is 2.71. The summed E-state index contributed by atoms with van der Waals surface area (Å²) in [5, 5.41) is 31.3. The summed E-state index contributed by atoms with van der Waals surface area (Å²) in [5.74, 6) is -0.104. The first-order chi connectivity index (χ1) is 13.9. The number of nitro groups is 1. The van der Waals surface area contributed by atoms with Gasteiger partial charge in [0.1, 0.15) is 17.7 Å². The molecule has 10 heteroatoms. The normalized spacial score (nSPS) is 10.4. The Morgan fingerprint density at radius 2 is 2.07 bits per heavy atom. The van der Waals surface area contributed by atoms with Crippen molar-refractivity contribution < 1.29 is 19.2 Å². The van der Waals surface area contributed by atoms with E-state index in [4.69, 9.17) is 14.7 Å². The van der Waals surface area contributed by atoms with Gasteiger partial charge < -0.3 is 14.8 Å². The third-order valence-corrected chi connectivity index (χ3v) is 4.24. The number of nitrogens with one attached hydrogen (secondary N) is 1. The van der Waals surface area contributed by atoms with Gasteiger partial charge in [-0.1, -0.05) is 22.0 Å². The number of hydrogen-bond donors (Lipinski definition) is 1. The average molecular weight is 457 g/mol. The van der Waals surface area contributed by atoms with Crippen LogP contribution in [0, 0.1) is 32.8 Å². The summed E-state index contributed by atoms with van der Waals surface area (Å²) >= 11 is 3.32. The number of anilines is 1. The lowest BCUT2D eigenvalue weighted by atomic mass is 10.1. The van der Waals surface area contributed by atoms with E-state index in [-0.39, 0.29) is 23.6 Å². The third-order valence-electron chi connectivity index (χ3n) is 3.55. The summed E-state index contributed by atoms with van der Waals surface area (Å²) in [4.78, 5) is 22.7. The molecule has 0 unspecified atom stereocenters. The summed E-state index contributed by atoms with van der Waals surface area (Å²) in [6.07, 6.45) is 1.33. The van der Waals surface area contributed by atoms with Crippen molar-refractivity contribution in [1.82, 2.24) is 0 Å². The minimum atomic E-state index is -0.733. The van der Waals surface area contributed by atoms with Crippen LogP contribution in [0.2, 0.25) is 0 Å². The van der Waals surface area contributed by atoms with Crippen molar-refractivity contribution in [3.63, 3.8) is 0 Å². The van der Waals surface area contributed by atoms with Crippen molar-refractivity contribution in [1.29, 1.82) is 10.5 Å². The van der Waals surface area contributed by atoms with Crippen LogP contribution in [-0.4, -0.2) is 24.5 Å². The number of methoxy groups -OCH3 is 1. The molecule has 0 heterocycles. The largest absolute Gasteiger partial charge is 0.493 e. The molecule has 2 rings (SSSR count). The number of nitrogens with zero attached hydrogens (tertiary/aromatic N) is 3. The molecule has 0 saturated carbocycles. The Hall–Kier alpha value is -3.89. The molecule has 1 amide bonds. The molecule has 9 nitrogen and oxygen atoms in total. The molecule has 0 aliphatic rings. The van der Waals surface area contributed by atoms with E-state index in [1.807, 2.05) is 6.07 Å². The Labute approximate surface area is 174 Å². The summed E-state index contributed by atoms with van der Waals surface area (Å²) in [5.41, 5.74) is 0.217. The van der Waals surface area contributed by atoms with Gasteiger partial charge in [0.05, 0.1) is 12.0 Å². The van der Waals surface area contributed by atoms with Gasteiger partial charge in [0, 0.05) is 22.3 Å². The van der Waals surface area contributed by atoms with Crippen LogP contribution in [0.1, 0.15) is 5.56 Å². The van der Waals surface area contributed by atoms with Gasteiger partial charge in [0.15, 0.2) is 18.1 Å². The zero-order valence-corrected chi connectivity index (χ0v) is 16.6. The molecule has 1 N–H and O–H groups in total. The Morgan fingerprint density at radius 1 is 1.31 bits per heavy atom. The minimum Gasteiger partial charge on any atom is -0.493 e. The zero-order valence-electron chi connectivity index (χ0n) is 15.0. The highest BCUT2D eigenvalue weighted by Gasteiger charge is 2.15. The van der Waals surface area contributed by atoms with E-state index < -0.39 is 10.8 Å². The number of carbonyl (C=O) groups is 1. The molecule has 0 saturated heterocycles. The lowest BCUT2D eigenvalue weighted by Gasteiger charge is -2.11. The molecule has 29 heavy (non-hydrogen) atoms. The number of hydrogen-bond acceptors (Lipinski definition) is 7. The summed E-state index contributed by atoms with van der Waals surface area (Å²) in [6, 6.07) is 12.1. The van der Waals surface area contributed by atoms with Crippen molar-refractivity contribution in [2.24, 2.45) is 0 Å². The van der Waals surface area contributed by atoms with Gasteiger partial charge in [-0.2, -0.15) is 10.5 Å². The molecule has 0 aromatic heterocycles. The molecule has 0 spiro atoms. The molecule has 146 valence electrons. The van der Waals surface area contributed by atoms with Crippen LogP contribution >= 0.6 is 15.9 Å². The molecule has 2 aromatic rings. The van der Waals surface area contributed by atoms with Crippen LogP contribution < -0.4 is 14.8 Å². The highest BCUT2D eigenvalue weighted by atomic mass is 79.9. The van der Waals surface area contributed by atoms with E-state index >= 15 is 0 Å². The van der Waals surface area contributed by atoms with Crippen LogP contribution in [0.25, 0.3) is 6.08 Å². The van der Waals surface area contributed by atoms with Crippen LogP contribution in [0.15, 0.2) is 46.4 Å². The number of nitro benzene ring substituents is 1. The summed E-state index contributed by atoms with van der Waals surface area (Å²) < 4.78 is 11.0. The Bertz CT molecular complexity index is 1070. The number of benzene rings is 2. The van der Waals surface area contributed by atoms with E-state index in [0.717, 1.165) is 0 Å². The number of nitriles is 2. The van der Waals surface area contributed by atoms with Gasteiger partial charge in [0.25, 0.3) is 11.6 Å². The number of halogens is 1. The fourth-order valence-electron chi connectivity index (χ4n) is 2.24. The molecule has 0 fully saturated rings. The van der Waals surface area contributed by atoms with Crippen LogP contribution in [0.3, 0.4) is 0 Å². The second kappa shape index (κ2) is 9.88. The maximum atomic E-state index is 12.4. The van der Waals surface area contributed by atoms with E-state index in [9.17, 15) is 20.2 Å². The van der Waals surface area contributed by atoms with E-state index in [1.165, 1.54) is 43.5 Å². The first-order valence-corrected chi connectivity index (χ1v) is 8.73. The zero-order chi connectivity index (χ0) is 21.4. The first kappa shape index (κ1) is 21.4. The van der Waals surface area contributed by atoms with Crippen molar-refractivity contribution in [2.45, 2.75) is 0 Å². The van der Waals surface area contributed by atoms with Crippen molar-refractivity contribution >= 4 is 39.3 Å². The van der Waals surface area contributed by atoms with Gasteiger partial charge >= 0.3 is 0 Å². The van der Waals surface area contributed by atoms with Gasteiger partial charge in [-0.25, -0.2) is 0 Å². The monoisotopic (exact) mass is 456 g/mol. The predicted octanol–water partition coefficient (Wildman–Crippen LogP) is 3.81. The maximum Gasteiger partial charge on any atom is 0.271 e. The summed E-state index contributed by atoms with van der Waals surface area (Å²) in [6.45, 7) is -0.174. The van der Waals surface area contributed by atoms with Crippen LogP contribution in [0.5, 0.6) is 11.5 Å². The van der Waals surface area contributed by atoms with E-state index in [1.54, 1.807) is 12.1 Å². The van der Waals surface area contributed by atoms with Crippen molar-refractivity contribution in [2.75, 3.05) is 19.0 Å². The van der Waals surface area contributed by atoms with Crippen molar-refractivity contribution in [3.8, 4) is 23.6 Å². The van der Waals surface area contributed by atoms with Gasteiger partial charge in [0.2, 0.25) is 0 Å². The Kier molecular flexibility index (Phi) is 7.29. The third kappa shape index (κ3) is 5.54. The molecule has 0 radical (unpaired) electrons. The number of non-ortho nitro benzene ring substituents is 1. The van der Waals surface area contributed by atoms with Gasteiger partial charge in [-0.3, -0.25) is 14.9 Å². The van der Waals surface area contributed by atoms with E-state index in [2.05, 4.69) is 21.2 Å². The fraction of sp³-hybridized carbons (Fsp3) is 0.105. The smallest absolute Gasteiger partial charge is 0.271 e. The summed E-state index contributed by atoms with van der Waals surface area (Å²) in [7, 11) is 1.41. The lowest BCUT2D eigenvalue weighted by molar-refractivity contribution is -0.384. The number of rotatable bonds is 7. The highest BCUT2D eigenvalue weighted by molar-refractivity contribution is 9.10. The van der Waals surface area contributed by atoms with Gasteiger partial charge in [-0.05, 0) is 29.8 Å². The lowest BCUT2D eigenvalue weighted by Crippen LogP contribution is -2.13. The van der Waals surface area contributed by atoms with Crippen LogP contribution in [0.4, 0.5) is 11.4 Å². The molecule has 0 atom stereocenters. The van der Waals surface area contributed by atoms with Gasteiger partial charge in [-0.15, -0.1) is 0 Å². The Balaban J connectivity index is 2.32. The first-order valence-electron chi connectivity index (χ1n) is 7.94.